The highest BCUT2D eigenvalue weighted by Gasteiger charge is 2.29. The molecule has 0 radical (unpaired) electrons. The van der Waals surface area contributed by atoms with Gasteiger partial charge < -0.3 is 10.2 Å². The Bertz CT molecular complexity index is 1110. The molecule has 3 rings (SSSR count). The molecule has 10 heteroatoms. The lowest BCUT2D eigenvalue weighted by atomic mass is 10.0. The van der Waals surface area contributed by atoms with E-state index in [2.05, 4.69) is 17.1 Å². The van der Waals surface area contributed by atoms with E-state index in [1.54, 1.807) is 14.1 Å². The van der Waals surface area contributed by atoms with Crippen LogP contribution < -0.4 is 5.32 Å². The van der Waals surface area contributed by atoms with E-state index in [9.17, 15) is 18.0 Å². The monoisotopic (exact) mass is 478 g/mol. The number of nitrogens with one attached hydrogen (secondary N) is 1. The summed E-state index contributed by atoms with van der Waals surface area (Å²) in [5.74, 6) is -0.509. The van der Waals surface area contributed by atoms with Gasteiger partial charge in [-0.05, 0) is 49.2 Å². The number of anilines is 1. The highest BCUT2D eigenvalue weighted by molar-refractivity contribution is 7.89. The Labute approximate surface area is 193 Å². The third-order valence-electron chi connectivity index (χ3n) is 5.42. The Morgan fingerprint density at radius 3 is 2.34 bits per heavy atom. The fourth-order valence-electron chi connectivity index (χ4n) is 3.67. The molecule has 0 saturated carbocycles. The number of fused-ring (bicyclic) bond motifs is 1. The molecule has 1 aliphatic heterocycles. The maximum atomic E-state index is 12.9. The summed E-state index contributed by atoms with van der Waals surface area (Å²) < 4.78 is 25.6. The van der Waals surface area contributed by atoms with Crippen LogP contribution in [0, 0.1) is 0 Å². The Kier molecular flexibility index (Phi) is 7.39. The number of carbonyl (C=O) groups excluding carboxylic acids is 2. The first-order valence-corrected chi connectivity index (χ1v) is 12.7. The average Bonchev–Trinajstić information content (AvgIpc) is 3.10. The molecular weight excluding hydrogens is 448 g/mol. The van der Waals surface area contributed by atoms with Gasteiger partial charge in [-0.1, -0.05) is 6.92 Å². The van der Waals surface area contributed by atoms with Crippen molar-refractivity contribution in [3.8, 4) is 0 Å². The first-order chi connectivity index (χ1) is 15.1. The zero-order valence-corrected chi connectivity index (χ0v) is 20.8. The normalized spacial score (nSPS) is 14.3. The highest BCUT2D eigenvalue weighted by atomic mass is 32.2. The van der Waals surface area contributed by atoms with Crippen molar-refractivity contribution in [1.82, 2.24) is 14.1 Å². The predicted octanol–water partition coefficient (Wildman–Crippen LogP) is 2.72. The van der Waals surface area contributed by atoms with Gasteiger partial charge in [0.2, 0.25) is 10.0 Å². The number of benzene rings is 1. The van der Waals surface area contributed by atoms with Crippen molar-refractivity contribution < 1.29 is 18.0 Å². The molecule has 32 heavy (non-hydrogen) atoms. The van der Waals surface area contributed by atoms with E-state index in [0.29, 0.717) is 16.1 Å². The van der Waals surface area contributed by atoms with Crippen LogP contribution in [0.15, 0.2) is 29.2 Å². The summed E-state index contributed by atoms with van der Waals surface area (Å²) >= 11 is 1.45. The number of sulfonamides is 1. The maximum absolute atomic E-state index is 12.9. The lowest BCUT2D eigenvalue weighted by Crippen LogP contribution is -2.32. The first-order valence-electron chi connectivity index (χ1n) is 10.5. The molecule has 2 heterocycles. The van der Waals surface area contributed by atoms with Crippen LogP contribution in [0.3, 0.4) is 0 Å². The van der Waals surface area contributed by atoms with Crippen molar-refractivity contribution >= 4 is 38.2 Å². The quantitative estimate of drug-likeness (QED) is 0.661. The van der Waals surface area contributed by atoms with Crippen molar-refractivity contribution in [3.05, 3.63) is 45.8 Å². The minimum atomic E-state index is -3.57. The minimum absolute atomic E-state index is 0.116. The van der Waals surface area contributed by atoms with Crippen LogP contribution in [0.25, 0.3) is 0 Å². The van der Waals surface area contributed by atoms with Gasteiger partial charge >= 0.3 is 0 Å². The van der Waals surface area contributed by atoms with Gasteiger partial charge in [-0.15, -0.1) is 11.3 Å². The molecular formula is C22H30N4O4S2. The summed E-state index contributed by atoms with van der Waals surface area (Å²) in [6.45, 7) is 4.80. The zero-order chi connectivity index (χ0) is 23.6. The molecule has 0 spiro atoms. The van der Waals surface area contributed by atoms with E-state index in [1.807, 2.05) is 0 Å². The smallest absolute Gasteiger partial charge is 0.256 e. The molecule has 2 aromatic rings. The third kappa shape index (κ3) is 4.88. The lowest BCUT2D eigenvalue weighted by molar-refractivity contribution is 0.0827. The average molecular weight is 479 g/mol. The van der Waals surface area contributed by atoms with Crippen LogP contribution in [-0.4, -0.2) is 75.6 Å². The van der Waals surface area contributed by atoms with Gasteiger partial charge in [-0.25, -0.2) is 12.7 Å². The third-order valence-corrected chi connectivity index (χ3v) is 8.38. The van der Waals surface area contributed by atoms with Gasteiger partial charge in [0.05, 0.1) is 10.5 Å². The number of carbonyl (C=O) groups is 2. The van der Waals surface area contributed by atoms with Crippen molar-refractivity contribution in [2.45, 2.75) is 31.2 Å². The molecule has 0 unspecified atom stereocenters. The van der Waals surface area contributed by atoms with Gasteiger partial charge in [-0.2, -0.15) is 0 Å². The Morgan fingerprint density at radius 1 is 1.12 bits per heavy atom. The first kappa shape index (κ1) is 24.4. The molecule has 174 valence electrons. The van der Waals surface area contributed by atoms with Crippen LogP contribution in [-0.2, 0) is 23.0 Å². The molecule has 0 aliphatic carbocycles. The van der Waals surface area contributed by atoms with Gasteiger partial charge in [0.25, 0.3) is 11.8 Å². The molecule has 8 nitrogen and oxygen atoms in total. The SMILES string of the molecule is CCCN1CCc2c(sc(NC(=O)c3ccc(S(=O)(=O)N(C)C)cc3)c2C(=O)N(C)C)C1. The van der Waals surface area contributed by atoms with Crippen molar-refractivity contribution in [3.63, 3.8) is 0 Å². The lowest BCUT2D eigenvalue weighted by Gasteiger charge is -2.26. The summed E-state index contributed by atoms with van der Waals surface area (Å²) in [4.78, 5) is 31.0. The van der Waals surface area contributed by atoms with Crippen LogP contribution in [0.1, 0.15) is 44.5 Å². The summed E-state index contributed by atoms with van der Waals surface area (Å²) in [6.07, 6.45) is 1.83. The zero-order valence-electron chi connectivity index (χ0n) is 19.1. The van der Waals surface area contributed by atoms with E-state index in [4.69, 9.17) is 0 Å². The van der Waals surface area contributed by atoms with Crippen molar-refractivity contribution in [2.75, 3.05) is 46.6 Å². The summed E-state index contributed by atoms with van der Waals surface area (Å²) in [5.41, 5.74) is 1.90. The van der Waals surface area contributed by atoms with Gasteiger partial charge in [0.1, 0.15) is 5.00 Å². The molecule has 0 fully saturated rings. The number of thiophene rings is 1. The second kappa shape index (κ2) is 9.70. The molecule has 0 bridgehead atoms. The standard InChI is InChI=1S/C22H30N4O4S2/c1-6-12-26-13-11-17-18(14-26)31-21(19(17)22(28)24(2)3)23-20(27)15-7-9-16(10-8-15)32(29,30)25(4)5/h7-10H,6,11-14H2,1-5H3,(H,23,27). The van der Waals surface area contributed by atoms with Gasteiger partial charge in [0.15, 0.2) is 0 Å². The maximum Gasteiger partial charge on any atom is 0.256 e. The summed E-state index contributed by atoms with van der Waals surface area (Å²) in [5, 5.41) is 3.44. The van der Waals surface area contributed by atoms with Crippen LogP contribution in [0.5, 0.6) is 0 Å². The fourth-order valence-corrected chi connectivity index (χ4v) is 5.84. The van der Waals surface area contributed by atoms with Crippen LogP contribution >= 0.6 is 11.3 Å². The summed E-state index contributed by atoms with van der Waals surface area (Å²) in [6, 6.07) is 5.79. The van der Waals surface area contributed by atoms with Gasteiger partial charge in [0, 0.05) is 51.7 Å². The molecule has 2 amide bonds. The largest absolute Gasteiger partial charge is 0.345 e. The van der Waals surface area contributed by atoms with Crippen molar-refractivity contribution in [1.29, 1.82) is 0 Å². The van der Waals surface area contributed by atoms with Crippen molar-refractivity contribution in [2.24, 2.45) is 0 Å². The van der Waals surface area contributed by atoms with E-state index in [0.717, 1.165) is 47.2 Å². The molecule has 1 N–H and O–H groups in total. The summed E-state index contributed by atoms with van der Waals surface area (Å²) in [7, 11) is 2.75. The number of nitrogens with zero attached hydrogens (tertiary/aromatic N) is 3. The minimum Gasteiger partial charge on any atom is -0.345 e. The van der Waals surface area contributed by atoms with E-state index in [1.165, 1.54) is 54.6 Å². The number of hydrogen-bond donors (Lipinski definition) is 1. The molecule has 1 aromatic heterocycles. The Hall–Kier alpha value is -2.27. The molecule has 1 aliphatic rings. The topological polar surface area (TPSA) is 90.0 Å². The Morgan fingerprint density at radius 2 is 1.78 bits per heavy atom. The second-order valence-corrected chi connectivity index (χ2v) is 11.5. The molecule has 0 atom stereocenters. The highest BCUT2D eigenvalue weighted by Crippen LogP contribution is 2.38. The van der Waals surface area contributed by atoms with Gasteiger partial charge in [-0.3, -0.25) is 14.5 Å². The van der Waals surface area contributed by atoms with Crippen LogP contribution in [0.4, 0.5) is 5.00 Å². The van der Waals surface area contributed by atoms with Crippen LogP contribution in [0.2, 0.25) is 0 Å². The fraction of sp³-hybridized carbons (Fsp3) is 0.455. The van der Waals surface area contributed by atoms with E-state index in [-0.39, 0.29) is 16.7 Å². The number of amides is 2. The number of rotatable bonds is 7. The Balaban J connectivity index is 1.89. The predicted molar refractivity (Wildman–Crippen MR) is 127 cm³/mol. The second-order valence-electron chi connectivity index (χ2n) is 8.20. The van der Waals surface area contributed by atoms with E-state index < -0.39 is 10.0 Å². The van der Waals surface area contributed by atoms with E-state index >= 15 is 0 Å². The molecule has 1 aromatic carbocycles. The molecule has 0 saturated heterocycles. The number of hydrogen-bond acceptors (Lipinski definition) is 6.